The molecule has 0 aliphatic carbocycles. The molecule has 0 saturated carbocycles. The Labute approximate surface area is 363 Å². The fourth-order valence-electron chi connectivity index (χ4n) is 7.24. The largest absolute Gasteiger partial charge is 0.397 e. The molecule has 8 atom stereocenters. The summed E-state index contributed by atoms with van der Waals surface area (Å²) >= 11 is 0. The molecule has 1 rings (SSSR count). The van der Waals surface area contributed by atoms with E-state index >= 15 is 0 Å². The van der Waals surface area contributed by atoms with Gasteiger partial charge in [-0.05, 0) is 57.8 Å². The van der Waals surface area contributed by atoms with Gasteiger partial charge < -0.3 is 40.3 Å². The van der Waals surface area contributed by atoms with Crippen LogP contribution >= 0.6 is 0 Å². The maximum Gasteiger partial charge on any atom is 0.397 e. The van der Waals surface area contributed by atoms with E-state index < -0.39 is 78.5 Å². The minimum atomic E-state index is -5.12. The molecule has 0 aromatic carbocycles. The summed E-state index contributed by atoms with van der Waals surface area (Å²) in [4.78, 5) is 13.1. The number of unbranched alkanes of at least 4 members (excludes halogenated alkanes) is 22. The fraction of sp³-hybridized carbons (Fsp3) is 0.848. The van der Waals surface area contributed by atoms with Crippen LogP contribution in [0.15, 0.2) is 36.5 Å². The lowest BCUT2D eigenvalue weighted by atomic mass is 9.99. The monoisotopic (exact) mass is 876 g/mol. The van der Waals surface area contributed by atoms with E-state index in [1.807, 2.05) is 0 Å². The molecule has 1 saturated heterocycles. The summed E-state index contributed by atoms with van der Waals surface area (Å²) in [6.45, 7) is 3.13. The highest BCUT2D eigenvalue weighted by Crippen LogP contribution is 2.26. The van der Waals surface area contributed by atoms with Crippen LogP contribution in [0.4, 0.5) is 0 Å². The summed E-state index contributed by atoms with van der Waals surface area (Å²) < 4.78 is 47.4. The molecule has 1 aliphatic heterocycles. The first-order valence-corrected chi connectivity index (χ1v) is 24.8. The first-order chi connectivity index (χ1) is 28.9. The molecule has 0 aromatic rings. The number of hydrogen-bond donors (Lipinski definition) is 7. The SMILES string of the molecule is CCCCC/C=C/CC/C=C/C(O)C(COC1OC(CO)C(O)C(OS(=O)(=O)O)C1O)NC(=O)C(O)CCCCCCCC/C=C\CCCCCCCCCCCCCC. The Morgan fingerprint density at radius 3 is 1.63 bits per heavy atom. The molecule has 352 valence electrons. The number of rotatable bonds is 39. The Kier molecular flexibility index (Phi) is 34.5. The normalized spacial score (nSPS) is 21.6. The molecule has 0 spiro atoms. The molecule has 14 heteroatoms. The zero-order valence-corrected chi connectivity index (χ0v) is 37.9. The van der Waals surface area contributed by atoms with Gasteiger partial charge in [0.1, 0.15) is 30.5 Å². The molecular formula is C46H85NO12S. The van der Waals surface area contributed by atoms with Gasteiger partial charge in [0.25, 0.3) is 0 Å². The van der Waals surface area contributed by atoms with Gasteiger partial charge in [-0.3, -0.25) is 9.35 Å². The van der Waals surface area contributed by atoms with E-state index in [-0.39, 0.29) is 6.42 Å². The number of carbonyl (C=O) groups is 1. The first-order valence-electron chi connectivity index (χ1n) is 23.5. The Morgan fingerprint density at radius 2 is 1.12 bits per heavy atom. The molecule has 8 unspecified atom stereocenters. The Morgan fingerprint density at radius 1 is 0.667 bits per heavy atom. The summed E-state index contributed by atoms with van der Waals surface area (Å²) in [6.07, 6.45) is 31.2. The Hall–Kier alpha value is -1.72. The third kappa shape index (κ3) is 28.8. The molecule has 0 bridgehead atoms. The number of ether oxygens (including phenoxy) is 2. The summed E-state index contributed by atoms with van der Waals surface area (Å²) in [5.74, 6) is -0.720. The van der Waals surface area contributed by atoms with E-state index in [2.05, 4.69) is 47.7 Å². The van der Waals surface area contributed by atoms with Crippen molar-refractivity contribution in [2.24, 2.45) is 0 Å². The summed E-state index contributed by atoms with van der Waals surface area (Å²) in [6, 6.07) is -1.14. The second kappa shape index (κ2) is 36.7. The minimum absolute atomic E-state index is 0.229. The van der Waals surface area contributed by atoms with Crippen LogP contribution in [-0.4, -0.2) is 107 Å². The second-order valence-corrected chi connectivity index (χ2v) is 17.5. The van der Waals surface area contributed by atoms with Crippen LogP contribution in [0.5, 0.6) is 0 Å². The quantitative estimate of drug-likeness (QED) is 0.0178. The highest BCUT2D eigenvalue weighted by molar-refractivity contribution is 7.80. The predicted octanol–water partition coefficient (Wildman–Crippen LogP) is 8.08. The van der Waals surface area contributed by atoms with Crippen molar-refractivity contribution < 1.29 is 57.0 Å². The summed E-state index contributed by atoms with van der Waals surface area (Å²) in [5.41, 5.74) is 0. The Bertz CT molecular complexity index is 1230. The van der Waals surface area contributed by atoms with Gasteiger partial charge in [-0.2, -0.15) is 8.42 Å². The zero-order chi connectivity index (χ0) is 44.3. The first kappa shape index (κ1) is 56.3. The minimum Gasteiger partial charge on any atom is -0.394 e. The molecule has 0 radical (unpaired) electrons. The lowest BCUT2D eigenvalue weighted by Gasteiger charge is -2.41. The lowest BCUT2D eigenvalue weighted by molar-refractivity contribution is -0.298. The standard InChI is InChI=1S/C46H85NO12S/c1-3-5-7-9-11-13-14-15-16-17-18-19-20-21-22-23-24-25-27-29-31-33-35-40(50)45(53)47-38(39(49)34-32-30-28-26-12-10-8-6-4-2)37-57-46-43(52)44(59-60(54,55)56)42(51)41(36-48)58-46/h12,21-22,26,32,34,38-44,46,48-52H,3-11,13-20,23-25,27-31,33,35-37H2,1-2H3,(H,47,53)(H,54,55,56)/b22-21-,26-12+,34-32+. The maximum atomic E-state index is 13.1. The number of carbonyl (C=O) groups excluding carboxylic acids is 1. The van der Waals surface area contributed by atoms with Crippen LogP contribution < -0.4 is 5.32 Å². The van der Waals surface area contributed by atoms with Crippen LogP contribution in [0.25, 0.3) is 0 Å². The molecule has 13 nitrogen and oxygen atoms in total. The number of allylic oxidation sites excluding steroid dienone is 5. The van der Waals surface area contributed by atoms with Gasteiger partial charge in [-0.1, -0.05) is 166 Å². The molecule has 1 heterocycles. The van der Waals surface area contributed by atoms with Crippen molar-refractivity contribution in [2.75, 3.05) is 13.2 Å². The molecule has 1 fully saturated rings. The van der Waals surface area contributed by atoms with Crippen LogP contribution in [0, 0.1) is 0 Å². The van der Waals surface area contributed by atoms with Crippen molar-refractivity contribution in [3.8, 4) is 0 Å². The van der Waals surface area contributed by atoms with Gasteiger partial charge >= 0.3 is 10.4 Å². The zero-order valence-electron chi connectivity index (χ0n) is 37.1. The second-order valence-electron chi connectivity index (χ2n) is 16.5. The van der Waals surface area contributed by atoms with Crippen LogP contribution in [0.1, 0.15) is 187 Å². The average molecular weight is 876 g/mol. The van der Waals surface area contributed by atoms with Gasteiger partial charge in [0.15, 0.2) is 6.29 Å². The van der Waals surface area contributed by atoms with Crippen molar-refractivity contribution in [3.05, 3.63) is 36.5 Å². The smallest absolute Gasteiger partial charge is 0.394 e. The van der Waals surface area contributed by atoms with Crippen molar-refractivity contribution in [3.63, 3.8) is 0 Å². The topological polar surface area (TPSA) is 212 Å². The number of amides is 1. The van der Waals surface area contributed by atoms with Gasteiger partial charge in [0.05, 0.1) is 25.4 Å². The van der Waals surface area contributed by atoms with Crippen LogP contribution in [0.2, 0.25) is 0 Å². The number of nitrogens with one attached hydrogen (secondary N) is 1. The van der Waals surface area contributed by atoms with Gasteiger partial charge in [0, 0.05) is 0 Å². The van der Waals surface area contributed by atoms with Crippen molar-refractivity contribution >= 4 is 16.3 Å². The van der Waals surface area contributed by atoms with Crippen molar-refractivity contribution in [1.82, 2.24) is 5.32 Å². The summed E-state index contributed by atoms with van der Waals surface area (Å²) in [7, 11) is -5.12. The van der Waals surface area contributed by atoms with Gasteiger partial charge in [-0.15, -0.1) is 0 Å². The average Bonchev–Trinajstić information content (AvgIpc) is 3.22. The molecule has 1 aliphatic rings. The van der Waals surface area contributed by atoms with E-state index in [4.69, 9.17) is 14.0 Å². The van der Waals surface area contributed by atoms with Crippen molar-refractivity contribution in [2.45, 2.75) is 236 Å². The molecule has 60 heavy (non-hydrogen) atoms. The fourth-order valence-corrected chi connectivity index (χ4v) is 7.74. The van der Waals surface area contributed by atoms with Crippen LogP contribution in [-0.2, 0) is 28.9 Å². The van der Waals surface area contributed by atoms with E-state index in [1.165, 1.54) is 89.5 Å². The van der Waals surface area contributed by atoms with Gasteiger partial charge in [0.2, 0.25) is 5.91 Å². The highest BCUT2D eigenvalue weighted by Gasteiger charge is 2.48. The van der Waals surface area contributed by atoms with E-state index in [0.29, 0.717) is 12.8 Å². The number of aliphatic hydroxyl groups is 5. The molecule has 7 N–H and O–H groups in total. The molecule has 1 amide bonds. The maximum absolute atomic E-state index is 13.1. The summed E-state index contributed by atoms with van der Waals surface area (Å²) in [5, 5.41) is 55.0. The third-order valence-electron chi connectivity index (χ3n) is 11.0. The lowest BCUT2D eigenvalue weighted by Crippen LogP contribution is -2.61. The third-order valence-corrected chi connectivity index (χ3v) is 11.5. The van der Waals surface area contributed by atoms with Crippen molar-refractivity contribution in [1.29, 1.82) is 0 Å². The Balaban J connectivity index is 2.46. The van der Waals surface area contributed by atoms with E-state index in [1.54, 1.807) is 6.08 Å². The number of aliphatic hydroxyl groups excluding tert-OH is 5. The van der Waals surface area contributed by atoms with Gasteiger partial charge in [-0.25, -0.2) is 4.18 Å². The predicted molar refractivity (Wildman–Crippen MR) is 238 cm³/mol. The molecular weight excluding hydrogens is 791 g/mol. The van der Waals surface area contributed by atoms with Crippen LogP contribution in [0.3, 0.4) is 0 Å². The van der Waals surface area contributed by atoms with E-state index in [0.717, 1.165) is 70.6 Å². The van der Waals surface area contributed by atoms with E-state index in [9.17, 15) is 38.7 Å². The highest BCUT2D eigenvalue weighted by atomic mass is 32.3. The molecule has 0 aromatic heterocycles. The number of hydrogen-bond acceptors (Lipinski definition) is 11.